The van der Waals surface area contributed by atoms with Crippen molar-refractivity contribution in [2.24, 2.45) is 0 Å². The number of carbonyl (C=O) groups is 2. The third kappa shape index (κ3) is 3.26. The number of ether oxygens (including phenoxy) is 1. The van der Waals surface area contributed by atoms with E-state index in [1.807, 2.05) is 19.9 Å². The number of aliphatic hydroxyl groups excluding tert-OH is 1. The zero-order valence-electron chi connectivity index (χ0n) is 13.9. The molecular formula is C19H21NO4. The van der Waals surface area contributed by atoms with Crippen molar-refractivity contribution in [3.05, 3.63) is 58.9 Å². The van der Waals surface area contributed by atoms with E-state index >= 15 is 0 Å². The van der Waals surface area contributed by atoms with Crippen molar-refractivity contribution in [3.8, 4) is 0 Å². The Hall–Kier alpha value is -2.40. The highest BCUT2D eigenvalue weighted by Crippen LogP contribution is 2.38. The third-order valence-corrected chi connectivity index (χ3v) is 4.38. The Morgan fingerprint density at radius 2 is 1.92 bits per heavy atom. The summed E-state index contributed by atoms with van der Waals surface area (Å²) < 4.78 is 7.18. The second-order valence-electron chi connectivity index (χ2n) is 6.23. The number of hydrogen-bond acceptors (Lipinski definition) is 4. The lowest BCUT2D eigenvalue weighted by Gasteiger charge is -2.11. The van der Waals surface area contributed by atoms with Gasteiger partial charge < -0.3 is 14.4 Å². The Bertz CT molecular complexity index is 759. The maximum absolute atomic E-state index is 12.4. The van der Waals surface area contributed by atoms with Crippen LogP contribution in [-0.4, -0.2) is 28.0 Å². The number of benzene rings is 1. The Labute approximate surface area is 140 Å². The number of hydrogen-bond donors (Lipinski definition) is 1. The first-order valence-electron chi connectivity index (χ1n) is 8.10. The van der Waals surface area contributed by atoms with Crippen LogP contribution in [0.3, 0.4) is 0 Å². The second-order valence-corrected chi connectivity index (χ2v) is 6.23. The molecule has 2 aromatic rings. The van der Waals surface area contributed by atoms with E-state index in [-0.39, 0.29) is 12.4 Å². The van der Waals surface area contributed by atoms with Gasteiger partial charge in [-0.1, -0.05) is 30.3 Å². The number of carbonyl (C=O) groups excluding carboxylic acids is 2. The molecule has 0 unspecified atom stereocenters. The fraction of sp³-hybridized carbons (Fsp3) is 0.368. The molecule has 126 valence electrons. The number of rotatable bonds is 6. The van der Waals surface area contributed by atoms with Crippen molar-refractivity contribution >= 4 is 11.8 Å². The van der Waals surface area contributed by atoms with E-state index in [2.05, 4.69) is 4.57 Å². The zero-order chi connectivity index (χ0) is 17.3. The fourth-order valence-corrected chi connectivity index (χ4v) is 3.02. The molecule has 1 aromatic heterocycles. The number of aryl methyl sites for hydroxylation is 1. The van der Waals surface area contributed by atoms with Crippen LogP contribution in [-0.2, 0) is 9.53 Å². The molecule has 5 nitrogen and oxygen atoms in total. The molecule has 0 aliphatic heterocycles. The molecule has 1 N–H and O–H groups in total. The predicted molar refractivity (Wildman–Crippen MR) is 88.9 cm³/mol. The summed E-state index contributed by atoms with van der Waals surface area (Å²) in [5, 5.41) is 9.97. The Morgan fingerprint density at radius 1 is 1.25 bits per heavy atom. The summed E-state index contributed by atoms with van der Waals surface area (Å²) in [6.07, 6.45) is 0.905. The fourth-order valence-electron chi connectivity index (χ4n) is 3.02. The number of aliphatic hydroxyl groups is 1. The van der Waals surface area contributed by atoms with Crippen molar-refractivity contribution in [2.45, 2.75) is 38.8 Å². The van der Waals surface area contributed by atoms with Gasteiger partial charge in [0.15, 0.2) is 12.7 Å². The Morgan fingerprint density at radius 3 is 2.54 bits per heavy atom. The van der Waals surface area contributed by atoms with Crippen LogP contribution in [0.4, 0.5) is 0 Å². The molecule has 1 aromatic carbocycles. The SMILES string of the molecule is Cc1cc(C(=O)COC(=O)[C@H](O)c2ccccc2)c(C)n1C1CC1. The van der Waals surface area contributed by atoms with Gasteiger partial charge in [-0.2, -0.15) is 0 Å². The summed E-state index contributed by atoms with van der Waals surface area (Å²) in [6, 6.07) is 10.9. The van der Waals surface area contributed by atoms with E-state index in [4.69, 9.17) is 4.74 Å². The first kappa shape index (κ1) is 16.5. The molecule has 0 amide bonds. The summed E-state index contributed by atoms with van der Waals surface area (Å²) in [7, 11) is 0. The molecule has 1 atom stereocenters. The van der Waals surface area contributed by atoms with E-state index in [0.717, 1.165) is 24.2 Å². The predicted octanol–water partition coefficient (Wildman–Crippen LogP) is 2.90. The first-order valence-corrected chi connectivity index (χ1v) is 8.10. The molecule has 1 aliphatic rings. The molecule has 0 spiro atoms. The topological polar surface area (TPSA) is 68.5 Å². The number of aromatic nitrogens is 1. The highest BCUT2D eigenvalue weighted by Gasteiger charge is 2.28. The Kier molecular flexibility index (Phi) is 4.53. The van der Waals surface area contributed by atoms with Gasteiger partial charge in [-0.3, -0.25) is 4.79 Å². The van der Waals surface area contributed by atoms with Gasteiger partial charge in [0.1, 0.15) is 0 Å². The van der Waals surface area contributed by atoms with Crippen LogP contribution < -0.4 is 0 Å². The second kappa shape index (κ2) is 6.61. The smallest absolute Gasteiger partial charge is 0.340 e. The minimum absolute atomic E-state index is 0.247. The Balaban J connectivity index is 1.63. The highest BCUT2D eigenvalue weighted by atomic mass is 16.5. The summed E-state index contributed by atoms with van der Waals surface area (Å²) in [6.45, 7) is 3.53. The average Bonchev–Trinajstić information content (AvgIpc) is 3.37. The quantitative estimate of drug-likeness (QED) is 0.654. The summed E-state index contributed by atoms with van der Waals surface area (Å²) in [5.74, 6) is -1.06. The van der Waals surface area contributed by atoms with E-state index in [1.54, 1.807) is 30.3 Å². The van der Waals surface area contributed by atoms with Gasteiger partial charge in [0.25, 0.3) is 0 Å². The largest absolute Gasteiger partial charge is 0.455 e. The highest BCUT2D eigenvalue weighted by molar-refractivity contribution is 5.99. The normalized spacial score (nSPS) is 15.1. The van der Waals surface area contributed by atoms with Crippen LogP contribution in [0.25, 0.3) is 0 Å². The number of esters is 1. The van der Waals surface area contributed by atoms with Crippen molar-refractivity contribution < 1.29 is 19.4 Å². The summed E-state index contributed by atoms with van der Waals surface area (Å²) in [5.41, 5.74) is 3.00. The van der Waals surface area contributed by atoms with Crippen molar-refractivity contribution in [1.82, 2.24) is 4.57 Å². The molecule has 0 radical (unpaired) electrons. The maximum Gasteiger partial charge on any atom is 0.340 e. The lowest BCUT2D eigenvalue weighted by Crippen LogP contribution is -2.20. The molecule has 1 heterocycles. The van der Waals surface area contributed by atoms with Crippen LogP contribution >= 0.6 is 0 Å². The molecule has 1 saturated carbocycles. The van der Waals surface area contributed by atoms with E-state index in [1.165, 1.54) is 0 Å². The van der Waals surface area contributed by atoms with Crippen LogP contribution in [0.1, 0.15) is 52.3 Å². The van der Waals surface area contributed by atoms with Crippen molar-refractivity contribution in [2.75, 3.05) is 6.61 Å². The van der Waals surface area contributed by atoms with Gasteiger partial charge in [-0.15, -0.1) is 0 Å². The van der Waals surface area contributed by atoms with Crippen LogP contribution in [0, 0.1) is 13.8 Å². The molecule has 24 heavy (non-hydrogen) atoms. The van der Waals surface area contributed by atoms with Gasteiger partial charge >= 0.3 is 5.97 Å². The van der Waals surface area contributed by atoms with Crippen LogP contribution in [0.2, 0.25) is 0 Å². The standard InChI is InChI=1S/C19H21NO4/c1-12-10-16(13(2)20(12)15-8-9-15)17(21)11-24-19(23)18(22)14-6-4-3-5-7-14/h3-7,10,15,18,22H,8-9,11H2,1-2H3/t18-/m1/s1. The molecular weight excluding hydrogens is 306 g/mol. The minimum Gasteiger partial charge on any atom is -0.455 e. The number of ketones is 1. The molecule has 1 aliphatic carbocycles. The average molecular weight is 327 g/mol. The molecule has 0 saturated heterocycles. The molecule has 1 fully saturated rings. The summed E-state index contributed by atoms with van der Waals surface area (Å²) >= 11 is 0. The number of nitrogens with zero attached hydrogens (tertiary/aromatic N) is 1. The first-order chi connectivity index (χ1) is 11.5. The van der Waals surface area contributed by atoms with Crippen LogP contribution in [0.5, 0.6) is 0 Å². The van der Waals surface area contributed by atoms with Gasteiger partial charge in [0.05, 0.1) is 0 Å². The molecule has 5 heteroatoms. The summed E-state index contributed by atoms with van der Waals surface area (Å²) in [4.78, 5) is 24.3. The molecule has 3 rings (SSSR count). The van der Waals surface area contributed by atoms with E-state index in [9.17, 15) is 14.7 Å². The molecule has 0 bridgehead atoms. The van der Waals surface area contributed by atoms with Gasteiger partial charge in [0.2, 0.25) is 5.78 Å². The van der Waals surface area contributed by atoms with Gasteiger partial charge in [-0.25, -0.2) is 4.79 Å². The van der Waals surface area contributed by atoms with Gasteiger partial charge in [0, 0.05) is 23.0 Å². The van der Waals surface area contributed by atoms with Crippen molar-refractivity contribution in [3.63, 3.8) is 0 Å². The lowest BCUT2D eigenvalue weighted by molar-refractivity contribution is -0.152. The monoisotopic (exact) mass is 327 g/mol. The van der Waals surface area contributed by atoms with E-state index < -0.39 is 12.1 Å². The minimum atomic E-state index is -1.38. The van der Waals surface area contributed by atoms with Crippen LogP contribution in [0.15, 0.2) is 36.4 Å². The van der Waals surface area contributed by atoms with Gasteiger partial charge in [-0.05, 0) is 38.3 Å². The van der Waals surface area contributed by atoms with E-state index in [0.29, 0.717) is 17.2 Å². The zero-order valence-corrected chi connectivity index (χ0v) is 13.9. The maximum atomic E-state index is 12.4. The lowest BCUT2D eigenvalue weighted by atomic mass is 10.1. The number of Topliss-reactive ketones (excluding diaryl/α,β-unsaturated/α-hetero) is 1. The third-order valence-electron chi connectivity index (χ3n) is 4.38. The van der Waals surface area contributed by atoms with Crippen molar-refractivity contribution in [1.29, 1.82) is 0 Å².